The molecule has 0 aliphatic rings. The van der Waals surface area contributed by atoms with Gasteiger partial charge in [0, 0.05) is 12.6 Å². The lowest BCUT2D eigenvalue weighted by Crippen LogP contribution is -2.34. The van der Waals surface area contributed by atoms with Crippen molar-refractivity contribution in [3.8, 4) is 0 Å². The maximum absolute atomic E-state index is 13.1. The molecular weight excluding hydrogens is 566 g/mol. The summed E-state index contributed by atoms with van der Waals surface area (Å²) in [4.78, 5) is 69.0. The second-order valence-corrected chi connectivity index (χ2v) is 9.85. The SMILES string of the molecule is CC(OC(=O)[C@H](O)CCC(=O)c1ncc(C(=O)NC(c2ccccc2)c2ccccc2)c(=O)[nH]1)C(=O)OCc1ccccc1. The number of rotatable bonds is 13. The molecule has 0 bridgehead atoms. The van der Waals surface area contributed by atoms with Crippen LogP contribution in [0.25, 0.3) is 0 Å². The van der Waals surface area contributed by atoms with E-state index in [0.29, 0.717) is 0 Å². The van der Waals surface area contributed by atoms with Crippen LogP contribution < -0.4 is 10.9 Å². The smallest absolute Gasteiger partial charge is 0.347 e. The van der Waals surface area contributed by atoms with E-state index in [1.54, 1.807) is 24.3 Å². The standard InChI is InChI=1S/C33H31N3O8/c1-21(32(41)43-20-22-11-5-2-6-12-22)44-33(42)27(38)18-17-26(37)29-34-19-25(31(40)36-29)30(39)35-28(23-13-7-3-8-14-23)24-15-9-4-10-16-24/h2-16,19,21,27-28,38H,17-18,20H2,1H3,(H,35,39)(H,34,36,40)/t21?,27-/m1/s1. The number of nitrogens with zero attached hydrogens (tertiary/aromatic N) is 1. The van der Waals surface area contributed by atoms with Crippen molar-refractivity contribution in [3.63, 3.8) is 0 Å². The molecule has 0 radical (unpaired) electrons. The molecule has 4 rings (SSSR count). The molecule has 0 spiro atoms. The lowest BCUT2D eigenvalue weighted by molar-refractivity contribution is -0.172. The van der Waals surface area contributed by atoms with Crippen LogP contribution in [-0.4, -0.2) is 50.9 Å². The number of carbonyl (C=O) groups is 4. The number of aromatic nitrogens is 2. The lowest BCUT2D eigenvalue weighted by atomic mass is 9.98. The maximum Gasteiger partial charge on any atom is 0.347 e. The second kappa shape index (κ2) is 15.2. The Morgan fingerprint density at radius 3 is 2.00 bits per heavy atom. The fourth-order valence-corrected chi connectivity index (χ4v) is 4.21. The Kier molecular flexibility index (Phi) is 10.9. The molecule has 4 aromatic rings. The summed E-state index contributed by atoms with van der Waals surface area (Å²) < 4.78 is 10.1. The number of benzene rings is 3. The Labute approximate surface area is 252 Å². The van der Waals surface area contributed by atoms with Crippen LogP contribution >= 0.6 is 0 Å². The first-order chi connectivity index (χ1) is 21.2. The van der Waals surface area contributed by atoms with Crippen molar-refractivity contribution in [2.75, 3.05) is 0 Å². The van der Waals surface area contributed by atoms with Crippen molar-refractivity contribution in [2.45, 2.75) is 44.6 Å². The Hall–Kier alpha value is -5.42. The Morgan fingerprint density at radius 2 is 1.43 bits per heavy atom. The highest BCUT2D eigenvalue weighted by atomic mass is 16.6. The lowest BCUT2D eigenvalue weighted by Gasteiger charge is -2.19. The average molecular weight is 598 g/mol. The van der Waals surface area contributed by atoms with Crippen molar-refractivity contribution in [1.29, 1.82) is 0 Å². The van der Waals surface area contributed by atoms with Gasteiger partial charge >= 0.3 is 11.9 Å². The highest BCUT2D eigenvalue weighted by Crippen LogP contribution is 2.22. The maximum atomic E-state index is 13.1. The molecular formula is C33H31N3O8. The summed E-state index contributed by atoms with van der Waals surface area (Å²) >= 11 is 0. The van der Waals surface area contributed by atoms with Crippen LogP contribution in [0.3, 0.4) is 0 Å². The van der Waals surface area contributed by atoms with Crippen LogP contribution in [0, 0.1) is 0 Å². The number of nitrogens with one attached hydrogen (secondary N) is 2. The summed E-state index contributed by atoms with van der Waals surface area (Å²) in [5.41, 5.74) is 1.23. The summed E-state index contributed by atoms with van der Waals surface area (Å²) in [6.45, 7) is 1.29. The Bertz CT molecular complexity index is 1600. The number of Topliss-reactive ketones (excluding diaryl/α,β-unsaturated/α-hetero) is 1. The van der Waals surface area contributed by atoms with E-state index in [2.05, 4.69) is 15.3 Å². The fraction of sp³-hybridized carbons (Fsp3) is 0.212. The number of ketones is 1. The molecule has 226 valence electrons. The van der Waals surface area contributed by atoms with E-state index in [1.165, 1.54) is 6.92 Å². The first kappa shape index (κ1) is 31.5. The summed E-state index contributed by atoms with van der Waals surface area (Å²) in [5.74, 6) is -3.61. The van der Waals surface area contributed by atoms with Gasteiger partial charge in [0.1, 0.15) is 12.2 Å². The quantitative estimate of drug-likeness (QED) is 0.155. The summed E-state index contributed by atoms with van der Waals surface area (Å²) in [6.07, 6.45) is -2.72. The predicted octanol–water partition coefficient (Wildman–Crippen LogP) is 3.29. The van der Waals surface area contributed by atoms with E-state index in [-0.39, 0.29) is 30.8 Å². The molecule has 0 aliphatic heterocycles. The van der Waals surface area contributed by atoms with Crippen LogP contribution in [0.5, 0.6) is 0 Å². The van der Waals surface area contributed by atoms with Crippen molar-refractivity contribution < 1.29 is 33.8 Å². The van der Waals surface area contributed by atoms with E-state index < -0.39 is 47.4 Å². The minimum absolute atomic E-state index is 0.00902. The molecule has 0 saturated carbocycles. The zero-order valence-corrected chi connectivity index (χ0v) is 23.8. The van der Waals surface area contributed by atoms with E-state index in [0.717, 1.165) is 22.9 Å². The topological polar surface area (TPSA) is 165 Å². The van der Waals surface area contributed by atoms with E-state index in [9.17, 15) is 29.1 Å². The number of amides is 1. The number of esters is 2. The van der Waals surface area contributed by atoms with Crippen molar-refractivity contribution in [1.82, 2.24) is 15.3 Å². The van der Waals surface area contributed by atoms with Crippen LogP contribution in [0.2, 0.25) is 0 Å². The fourth-order valence-electron chi connectivity index (χ4n) is 4.21. The highest BCUT2D eigenvalue weighted by Gasteiger charge is 2.26. The first-order valence-electron chi connectivity index (χ1n) is 13.9. The number of aromatic amines is 1. The molecule has 1 amide bonds. The second-order valence-electron chi connectivity index (χ2n) is 9.85. The van der Waals surface area contributed by atoms with Crippen LogP contribution in [0.15, 0.2) is 102 Å². The van der Waals surface area contributed by atoms with Gasteiger partial charge in [-0.05, 0) is 30.0 Å². The summed E-state index contributed by atoms with van der Waals surface area (Å²) in [6, 6.07) is 26.8. The van der Waals surface area contributed by atoms with Gasteiger partial charge in [-0.3, -0.25) is 14.4 Å². The van der Waals surface area contributed by atoms with Crippen LogP contribution in [0.1, 0.15) is 63.5 Å². The van der Waals surface area contributed by atoms with Gasteiger partial charge in [-0.25, -0.2) is 14.6 Å². The van der Waals surface area contributed by atoms with Crippen LogP contribution in [-0.2, 0) is 25.7 Å². The van der Waals surface area contributed by atoms with E-state index in [1.807, 2.05) is 66.7 Å². The largest absolute Gasteiger partial charge is 0.458 e. The zero-order chi connectivity index (χ0) is 31.5. The molecule has 1 aromatic heterocycles. The number of aliphatic hydroxyl groups is 1. The van der Waals surface area contributed by atoms with Gasteiger partial charge in [-0.15, -0.1) is 0 Å². The molecule has 11 nitrogen and oxygen atoms in total. The van der Waals surface area contributed by atoms with Gasteiger partial charge in [0.25, 0.3) is 11.5 Å². The summed E-state index contributed by atoms with van der Waals surface area (Å²) in [5, 5.41) is 13.0. The molecule has 1 unspecified atom stereocenters. The first-order valence-corrected chi connectivity index (χ1v) is 13.9. The average Bonchev–Trinajstić information content (AvgIpc) is 3.05. The van der Waals surface area contributed by atoms with Gasteiger partial charge in [0.15, 0.2) is 23.8 Å². The predicted molar refractivity (Wildman–Crippen MR) is 158 cm³/mol. The number of H-pyrrole nitrogens is 1. The molecule has 0 fully saturated rings. The Balaban J connectivity index is 1.31. The molecule has 11 heteroatoms. The third kappa shape index (κ3) is 8.55. The monoisotopic (exact) mass is 597 g/mol. The normalized spacial score (nSPS) is 12.2. The third-order valence-corrected chi connectivity index (χ3v) is 6.61. The van der Waals surface area contributed by atoms with Gasteiger partial charge in [0.05, 0.1) is 6.04 Å². The number of aliphatic hydroxyl groups excluding tert-OH is 1. The number of hydrogen-bond acceptors (Lipinski definition) is 9. The minimum Gasteiger partial charge on any atom is -0.458 e. The molecule has 3 N–H and O–H groups in total. The summed E-state index contributed by atoms with van der Waals surface area (Å²) in [7, 11) is 0. The molecule has 2 atom stereocenters. The van der Waals surface area contributed by atoms with Gasteiger partial charge in [0.2, 0.25) is 0 Å². The van der Waals surface area contributed by atoms with Crippen molar-refractivity contribution in [2.24, 2.45) is 0 Å². The minimum atomic E-state index is -1.71. The molecule has 44 heavy (non-hydrogen) atoms. The van der Waals surface area contributed by atoms with Gasteiger partial charge < -0.3 is 24.9 Å². The Morgan fingerprint density at radius 1 is 0.864 bits per heavy atom. The molecule has 0 saturated heterocycles. The molecule has 1 heterocycles. The van der Waals surface area contributed by atoms with Crippen LogP contribution in [0.4, 0.5) is 0 Å². The molecule has 3 aromatic carbocycles. The van der Waals surface area contributed by atoms with Gasteiger partial charge in [-0.2, -0.15) is 0 Å². The third-order valence-electron chi connectivity index (χ3n) is 6.61. The molecule has 0 aliphatic carbocycles. The van der Waals surface area contributed by atoms with E-state index in [4.69, 9.17) is 9.47 Å². The number of hydrogen-bond donors (Lipinski definition) is 3. The highest BCUT2D eigenvalue weighted by molar-refractivity contribution is 5.96. The van der Waals surface area contributed by atoms with E-state index >= 15 is 0 Å². The number of carbonyl (C=O) groups excluding carboxylic acids is 4. The zero-order valence-electron chi connectivity index (χ0n) is 23.8. The van der Waals surface area contributed by atoms with Crippen molar-refractivity contribution >= 4 is 23.6 Å². The number of ether oxygens (including phenoxy) is 2. The van der Waals surface area contributed by atoms with Gasteiger partial charge in [-0.1, -0.05) is 91.0 Å². The van der Waals surface area contributed by atoms with Crippen molar-refractivity contribution in [3.05, 3.63) is 136 Å².